The molecule has 0 saturated carbocycles. The van der Waals surface area contributed by atoms with Crippen LogP contribution < -0.4 is 14.8 Å². The van der Waals surface area contributed by atoms with E-state index in [1.165, 1.54) is 0 Å². The Morgan fingerprint density at radius 3 is 2.87 bits per heavy atom. The fourth-order valence-corrected chi connectivity index (χ4v) is 3.23. The second-order valence-electron chi connectivity index (χ2n) is 5.07. The van der Waals surface area contributed by atoms with Crippen LogP contribution >= 0.6 is 11.3 Å². The normalized spacial score (nSPS) is 10.7. The summed E-state index contributed by atoms with van der Waals surface area (Å²) in [5.74, 6) is 2.64. The number of methoxy groups -OCH3 is 2. The van der Waals surface area contributed by atoms with Gasteiger partial charge in [-0.25, -0.2) is 9.97 Å². The Kier molecular flexibility index (Phi) is 4.92. The number of ether oxygens (including phenoxy) is 2. The number of rotatable bonds is 7. The van der Waals surface area contributed by atoms with Crippen LogP contribution in [0, 0.1) is 0 Å². The highest BCUT2D eigenvalue weighted by Crippen LogP contribution is 2.26. The van der Waals surface area contributed by atoms with Gasteiger partial charge in [-0.3, -0.25) is 0 Å². The van der Waals surface area contributed by atoms with Crippen LogP contribution in [-0.2, 0) is 6.42 Å². The summed E-state index contributed by atoms with van der Waals surface area (Å²) in [6.07, 6.45) is 3.48. The Balaban J connectivity index is 1.60. The first-order valence-electron chi connectivity index (χ1n) is 7.45. The molecule has 0 spiro atoms. The summed E-state index contributed by atoms with van der Waals surface area (Å²) in [5.41, 5.74) is 1.15. The molecule has 0 bridgehead atoms. The molecular formula is C17H19N3O2S. The zero-order valence-corrected chi connectivity index (χ0v) is 14.0. The number of nitrogens with one attached hydrogen (secondary N) is 1. The molecule has 2 aromatic heterocycles. The molecule has 120 valence electrons. The number of hydrogen-bond donors (Lipinski definition) is 1. The van der Waals surface area contributed by atoms with Crippen LogP contribution in [-0.4, -0.2) is 30.7 Å². The largest absolute Gasteiger partial charge is 0.497 e. The lowest BCUT2D eigenvalue weighted by atomic mass is 10.1. The number of aromatic nitrogens is 2. The molecule has 2 heterocycles. The maximum Gasteiger partial charge on any atom is 0.138 e. The van der Waals surface area contributed by atoms with Gasteiger partial charge in [-0.1, -0.05) is 0 Å². The molecule has 1 aromatic carbocycles. The Morgan fingerprint density at radius 1 is 1.13 bits per heavy atom. The Morgan fingerprint density at radius 2 is 2.04 bits per heavy atom. The molecule has 0 saturated heterocycles. The summed E-state index contributed by atoms with van der Waals surface area (Å²) in [5, 5.41) is 6.51. The van der Waals surface area contributed by atoms with Gasteiger partial charge in [0.2, 0.25) is 0 Å². The fraction of sp³-hybridized carbons (Fsp3) is 0.294. The molecule has 3 rings (SSSR count). The van der Waals surface area contributed by atoms with Gasteiger partial charge in [0.15, 0.2) is 0 Å². The molecule has 0 aliphatic heterocycles. The predicted molar refractivity (Wildman–Crippen MR) is 93.8 cm³/mol. The van der Waals surface area contributed by atoms with Crippen molar-refractivity contribution in [2.45, 2.75) is 12.8 Å². The molecule has 6 heteroatoms. The third-order valence-corrected chi connectivity index (χ3v) is 4.49. The van der Waals surface area contributed by atoms with E-state index in [0.29, 0.717) is 0 Å². The molecule has 0 atom stereocenters. The summed E-state index contributed by atoms with van der Waals surface area (Å²) >= 11 is 1.63. The zero-order valence-electron chi connectivity index (χ0n) is 13.2. The summed E-state index contributed by atoms with van der Waals surface area (Å²) in [6.45, 7) is 0.836. The highest BCUT2D eigenvalue weighted by Gasteiger charge is 2.06. The van der Waals surface area contributed by atoms with Crippen LogP contribution in [0.1, 0.15) is 12.0 Å². The lowest BCUT2D eigenvalue weighted by Crippen LogP contribution is -2.05. The molecule has 0 radical (unpaired) electrons. The van der Waals surface area contributed by atoms with Crippen molar-refractivity contribution in [3.05, 3.63) is 41.5 Å². The van der Waals surface area contributed by atoms with Gasteiger partial charge in [0.1, 0.15) is 28.5 Å². The maximum atomic E-state index is 5.41. The van der Waals surface area contributed by atoms with Crippen molar-refractivity contribution in [1.29, 1.82) is 0 Å². The first-order chi connectivity index (χ1) is 11.3. The van der Waals surface area contributed by atoms with Gasteiger partial charge < -0.3 is 14.8 Å². The smallest absolute Gasteiger partial charge is 0.138 e. The van der Waals surface area contributed by atoms with E-state index in [4.69, 9.17) is 9.47 Å². The summed E-state index contributed by atoms with van der Waals surface area (Å²) < 4.78 is 10.7. The van der Waals surface area contributed by atoms with Crippen molar-refractivity contribution < 1.29 is 9.47 Å². The van der Waals surface area contributed by atoms with Crippen molar-refractivity contribution >= 4 is 27.4 Å². The van der Waals surface area contributed by atoms with Crippen molar-refractivity contribution in [2.75, 3.05) is 26.1 Å². The monoisotopic (exact) mass is 329 g/mol. The quantitative estimate of drug-likeness (QED) is 0.669. The topological polar surface area (TPSA) is 56.3 Å². The second-order valence-corrected chi connectivity index (χ2v) is 5.96. The van der Waals surface area contributed by atoms with Crippen molar-refractivity contribution in [1.82, 2.24) is 9.97 Å². The van der Waals surface area contributed by atoms with Gasteiger partial charge in [-0.2, -0.15) is 0 Å². The van der Waals surface area contributed by atoms with Gasteiger partial charge in [0.25, 0.3) is 0 Å². The number of anilines is 1. The van der Waals surface area contributed by atoms with E-state index in [9.17, 15) is 0 Å². The lowest BCUT2D eigenvalue weighted by molar-refractivity contribution is 0.398. The van der Waals surface area contributed by atoms with Crippen LogP contribution in [0.25, 0.3) is 10.2 Å². The highest BCUT2D eigenvalue weighted by atomic mass is 32.1. The van der Waals surface area contributed by atoms with E-state index < -0.39 is 0 Å². The molecular weight excluding hydrogens is 310 g/mol. The van der Waals surface area contributed by atoms with Gasteiger partial charge >= 0.3 is 0 Å². The zero-order chi connectivity index (χ0) is 16.1. The predicted octanol–water partition coefficient (Wildman–Crippen LogP) is 3.75. The minimum atomic E-state index is 0.836. The van der Waals surface area contributed by atoms with Gasteiger partial charge in [0, 0.05) is 6.54 Å². The molecule has 1 N–H and O–H groups in total. The third-order valence-electron chi connectivity index (χ3n) is 3.66. The average molecular weight is 329 g/mol. The maximum absolute atomic E-state index is 5.41. The minimum Gasteiger partial charge on any atom is -0.497 e. The Labute approximate surface area is 139 Å². The number of aryl methyl sites for hydroxylation is 1. The number of thiophene rings is 1. The molecule has 5 nitrogen and oxygen atoms in total. The first kappa shape index (κ1) is 15.6. The number of fused-ring (bicyclic) bond motifs is 1. The third kappa shape index (κ3) is 3.53. The van der Waals surface area contributed by atoms with Crippen LogP contribution in [0.4, 0.5) is 5.82 Å². The van der Waals surface area contributed by atoms with E-state index in [2.05, 4.69) is 15.3 Å². The SMILES string of the molecule is COc1ccc(OC)c(CCCNc2ncnc3sccc23)c1. The van der Waals surface area contributed by atoms with Crippen LogP contribution in [0.3, 0.4) is 0 Å². The van der Waals surface area contributed by atoms with Crippen LogP contribution in [0.15, 0.2) is 36.0 Å². The first-order valence-corrected chi connectivity index (χ1v) is 8.32. The molecule has 3 aromatic rings. The molecule has 0 amide bonds. The van der Waals surface area contributed by atoms with Crippen LogP contribution in [0.5, 0.6) is 11.5 Å². The average Bonchev–Trinajstić information content (AvgIpc) is 3.08. The van der Waals surface area contributed by atoms with E-state index >= 15 is 0 Å². The molecule has 0 aliphatic rings. The van der Waals surface area contributed by atoms with Crippen molar-refractivity contribution in [2.24, 2.45) is 0 Å². The van der Waals surface area contributed by atoms with E-state index in [1.54, 1.807) is 31.9 Å². The minimum absolute atomic E-state index is 0.836. The summed E-state index contributed by atoms with van der Waals surface area (Å²) in [7, 11) is 3.37. The van der Waals surface area contributed by atoms with E-state index in [0.717, 1.165) is 52.5 Å². The second kappa shape index (κ2) is 7.28. The van der Waals surface area contributed by atoms with Crippen LogP contribution in [0.2, 0.25) is 0 Å². The van der Waals surface area contributed by atoms with Gasteiger partial charge in [0.05, 0.1) is 19.6 Å². The van der Waals surface area contributed by atoms with E-state index in [-0.39, 0.29) is 0 Å². The van der Waals surface area contributed by atoms with E-state index in [1.807, 2.05) is 29.6 Å². The lowest BCUT2D eigenvalue weighted by Gasteiger charge is -2.11. The summed E-state index contributed by atoms with van der Waals surface area (Å²) in [6, 6.07) is 7.93. The number of nitrogens with zero attached hydrogens (tertiary/aromatic N) is 2. The molecule has 0 unspecified atom stereocenters. The molecule has 0 aliphatic carbocycles. The summed E-state index contributed by atoms with van der Waals surface area (Å²) in [4.78, 5) is 9.59. The standard InChI is InChI=1S/C17H19N3O2S/c1-21-13-5-6-15(22-2)12(10-13)4-3-8-18-16-14-7-9-23-17(14)20-11-19-16/h5-7,9-11H,3-4,8H2,1-2H3,(H,18,19,20). The number of benzene rings is 1. The van der Waals surface area contributed by atoms with Crippen molar-refractivity contribution in [3.8, 4) is 11.5 Å². The highest BCUT2D eigenvalue weighted by molar-refractivity contribution is 7.16. The van der Waals surface area contributed by atoms with Crippen molar-refractivity contribution in [3.63, 3.8) is 0 Å². The van der Waals surface area contributed by atoms with Gasteiger partial charge in [-0.05, 0) is 48.1 Å². The molecule has 0 fully saturated rings. The number of hydrogen-bond acceptors (Lipinski definition) is 6. The Bertz CT molecular complexity index is 788. The van der Waals surface area contributed by atoms with Gasteiger partial charge in [-0.15, -0.1) is 11.3 Å². The fourth-order valence-electron chi connectivity index (χ4n) is 2.49. The Hall–Kier alpha value is -2.34. The molecule has 23 heavy (non-hydrogen) atoms.